The molecule has 1 saturated carbocycles. The van der Waals surface area contributed by atoms with Crippen molar-refractivity contribution in [3.8, 4) is 0 Å². The second-order valence-electron chi connectivity index (χ2n) is 10.1. The molecule has 1 aromatic rings. The highest BCUT2D eigenvalue weighted by Gasteiger charge is 2.38. The van der Waals surface area contributed by atoms with Gasteiger partial charge in [-0.1, -0.05) is 33.6 Å². The number of hydrogen-bond acceptors (Lipinski definition) is 3. The maximum absolute atomic E-state index is 13.2. The Morgan fingerprint density at radius 3 is 1.94 bits per heavy atom. The number of nitrogens with one attached hydrogen (secondary N) is 3. The summed E-state index contributed by atoms with van der Waals surface area (Å²) in [5.41, 5.74) is -4.08. The Balaban J connectivity index is 2.22. The molecule has 1 fully saturated rings. The lowest BCUT2D eigenvalue weighted by atomic mass is 9.84. The van der Waals surface area contributed by atoms with Crippen molar-refractivity contribution in [3.63, 3.8) is 0 Å². The van der Waals surface area contributed by atoms with Crippen LogP contribution in [0.1, 0.15) is 57.6 Å². The van der Waals surface area contributed by atoms with Crippen molar-refractivity contribution in [2.45, 2.75) is 76.9 Å². The van der Waals surface area contributed by atoms with Gasteiger partial charge in [0.15, 0.2) is 5.11 Å². The zero-order valence-corrected chi connectivity index (χ0v) is 21.1. The first-order chi connectivity index (χ1) is 15.9. The Morgan fingerprint density at radius 1 is 0.971 bits per heavy atom. The zero-order valence-electron chi connectivity index (χ0n) is 20.3. The molecule has 0 aliphatic heterocycles. The van der Waals surface area contributed by atoms with E-state index in [-0.39, 0.29) is 29.2 Å². The SMILES string of the molecule is CN(C)[C@H]1CCCC[C@@H]1NC(=O)[C@@H](NC(=S)Nc1cc(C(F)(F)F)cc(C(F)(F)F)c1)C(C)(C)C. The van der Waals surface area contributed by atoms with E-state index in [2.05, 4.69) is 20.9 Å². The third kappa shape index (κ3) is 8.23. The summed E-state index contributed by atoms with van der Waals surface area (Å²) < 4.78 is 78.9. The van der Waals surface area contributed by atoms with E-state index in [0.717, 1.165) is 25.7 Å². The molecule has 198 valence electrons. The highest BCUT2D eigenvalue weighted by molar-refractivity contribution is 7.80. The van der Waals surface area contributed by atoms with Crippen molar-refractivity contribution < 1.29 is 31.1 Å². The van der Waals surface area contributed by atoms with Gasteiger partial charge in [0.2, 0.25) is 5.91 Å². The molecule has 0 spiro atoms. The Morgan fingerprint density at radius 2 is 1.49 bits per heavy atom. The van der Waals surface area contributed by atoms with E-state index in [1.807, 2.05) is 14.1 Å². The summed E-state index contributed by atoms with van der Waals surface area (Å²) in [6.45, 7) is 5.34. The van der Waals surface area contributed by atoms with Gasteiger partial charge >= 0.3 is 12.4 Å². The fourth-order valence-electron chi connectivity index (χ4n) is 4.16. The van der Waals surface area contributed by atoms with E-state index in [1.54, 1.807) is 20.8 Å². The molecule has 12 heteroatoms. The molecule has 0 unspecified atom stereocenters. The lowest BCUT2D eigenvalue weighted by molar-refractivity contribution is -0.143. The van der Waals surface area contributed by atoms with E-state index < -0.39 is 40.6 Å². The highest BCUT2D eigenvalue weighted by atomic mass is 32.1. The van der Waals surface area contributed by atoms with Crippen molar-refractivity contribution in [2.75, 3.05) is 19.4 Å². The number of likely N-dealkylation sites (N-methyl/N-ethyl adjacent to an activating group) is 1. The molecule has 1 aliphatic carbocycles. The molecular weight excluding hydrogens is 494 g/mol. The first-order valence-electron chi connectivity index (χ1n) is 11.2. The van der Waals surface area contributed by atoms with Gasteiger partial charge in [-0.2, -0.15) is 26.3 Å². The van der Waals surface area contributed by atoms with Gasteiger partial charge < -0.3 is 20.9 Å². The predicted molar refractivity (Wildman–Crippen MR) is 127 cm³/mol. The standard InChI is InChI=1S/C23H32F6N4OS/c1-21(2,3)18(19(34)31-16-8-6-7-9-17(16)33(4)5)32-20(35)30-15-11-13(22(24,25)26)10-14(12-15)23(27,28)29/h10-12,16-18H,6-9H2,1-5H3,(H,31,34)(H2,30,32,35)/t16-,17-,18+/m0/s1. The van der Waals surface area contributed by atoms with Gasteiger partial charge in [-0.3, -0.25) is 4.79 Å². The minimum atomic E-state index is -4.98. The summed E-state index contributed by atoms with van der Waals surface area (Å²) in [5.74, 6) is -0.347. The smallest absolute Gasteiger partial charge is 0.350 e. The van der Waals surface area contributed by atoms with Crippen LogP contribution in [0.15, 0.2) is 18.2 Å². The van der Waals surface area contributed by atoms with Gasteiger partial charge in [0, 0.05) is 17.8 Å². The molecule has 2 rings (SSSR count). The summed E-state index contributed by atoms with van der Waals surface area (Å²) in [6.07, 6.45) is -6.20. The van der Waals surface area contributed by atoms with Gasteiger partial charge in [0.05, 0.1) is 11.1 Å². The highest BCUT2D eigenvalue weighted by Crippen LogP contribution is 2.37. The minimum Gasteiger partial charge on any atom is -0.350 e. The number of alkyl halides is 6. The van der Waals surface area contributed by atoms with Gasteiger partial charge in [-0.15, -0.1) is 0 Å². The van der Waals surface area contributed by atoms with Crippen LogP contribution in [0.2, 0.25) is 0 Å². The normalized spacial score (nSPS) is 20.3. The number of carbonyl (C=O) groups excluding carboxylic acids is 1. The maximum Gasteiger partial charge on any atom is 0.416 e. The zero-order chi connectivity index (χ0) is 26.8. The summed E-state index contributed by atoms with van der Waals surface area (Å²) in [7, 11) is 3.88. The van der Waals surface area contributed by atoms with Crippen molar-refractivity contribution in [1.82, 2.24) is 15.5 Å². The molecule has 3 N–H and O–H groups in total. The molecule has 0 bridgehead atoms. The summed E-state index contributed by atoms with van der Waals surface area (Å²) >= 11 is 5.17. The molecule has 0 saturated heterocycles. The van der Waals surface area contributed by atoms with E-state index in [4.69, 9.17) is 12.2 Å². The molecule has 1 aromatic carbocycles. The first kappa shape index (κ1) is 29.2. The lowest BCUT2D eigenvalue weighted by Crippen LogP contribution is -2.59. The quantitative estimate of drug-likeness (QED) is 0.354. The number of thiocarbonyl (C=S) groups is 1. The molecular formula is C23H32F6N4OS. The molecule has 0 aromatic heterocycles. The van der Waals surface area contributed by atoms with Gasteiger partial charge in [-0.05, 0) is 62.8 Å². The van der Waals surface area contributed by atoms with Crippen molar-refractivity contribution in [3.05, 3.63) is 29.3 Å². The van der Waals surface area contributed by atoms with Crippen LogP contribution in [-0.2, 0) is 17.1 Å². The number of rotatable bonds is 5. The lowest BCUT2D eigenvalue weighted by Gasteiger charge is -2.39. The Bertz CT molecular complexity index is 878. The minimum absolute atomic E-state index is 0.0401. The van der Waals surface area contributed by atoms with Crippen LogP contribution in [0, 0.1) is 5.41 Å². The van der Waals surface area contributed by atoms with Crippen molar-refractivity contribution >= 4 is 28.9 Å². The molecule has 1 aliphatic rings. The van der Waals surface area contributed by atoms with Gasteiger partial charge in [0.1, 0.15) is 6.04 Å². The fourth-order valence-corrected chi connectivity index (χ4v) is 4.40. The number of amides is 1. The topological polar surface area (TPSA) is 56.4 Å². The molecule has 1 amide bonds. The maximum atomic E-state index is 13.2. The number of carbonyl (C=O) groups is 1. The average Bonchev–Trinajstić information content (AvgIpc) is 2.69. The second-order valence-corrected chi connectivity index (χ2v) is 10.5. The van der Waals surface area contributed by atoms with Gasteiger partial charge in [0.25, 0.3) is 0 Å². The van der Waals surface area contributed by atoms with Crippen molar-refractivity contribution in [2.24, 2.45) is 5.41 Å². The third-order valence-electron chi connectivity index (χ3n) is 5.97. The number of hydrogen-bond donors (Lipinski definition) is 3. The van der Waals surface area contributed by atoms with E-state index in [0.29, 0.717) is 12.1 Å². The monoisotopic (exact) mass is 526 g/mol. The van der Waals surface area contributed by atoms with Crippen LogP contribution in [-0.4, -0.2) is 48.1 Å². The van der Waals surface area contributed by atoms with Crippen LogP contribution >= 0.6 is 12.2 Å². The molecule has 3 atom stereocenters. The summed E-state index contributed by atoms with van der Waals surface area (Å²) in [5, 5.41) is 7.97. The van der Waals surface area contributed by atoms with Gasteiger partial charge in [-0.25, -0.2) is 0 Å². The van der Waals surface area contributed by atoms with Crippen LogP contribution in [0.25, 0.3) is 0 Å². The van der Waals surface area contributed by atoms with E-state index in [1.165, 1.54) is 0 Å². The number of anilines is 1. The molecule has 5 nitrogen and oxygen atoms in total. The molecule has 35 heavy (non-hydrogen) atoms. The number of benzene rings is 1. The largest absolute Gasteiger partial charge is 0.416 e. The number of halogens is 6. The fraction of sp³-hybridized carbons (Fsp3) is 0.652. The Hall–Kier alpha value is -2.08. The summed E-state index contributed by atoms with van der Waals surface area (Å²) in [6, 6.07) is 0.304. The van der Waals surface area contributed by atoms with Crippen molar-refractivity contribution in [1.29, 1.82) is 0 Å². The van der Waals surface area contributed by atoms with Crippen LogP contribution in [0.5, 0.6) is 0 Å². The molecule has 0 radical (unpaired) electrons. The van der Waals surface area contributed by atoms with Crippen LogP contribution < -0.4 is 16.0 Å². The van der Waals surface area contributed by atoms with E-state index in [9.17, 15) is 31.1 Å². The van der Waals surface area contributed by atoms with Crippen LogP contribution in [0.3, 0.4) is 0 Å². The molecule has 0 heterocycles. The second kappa shape index (κ2) is 10.9. The van der Waals surface area contributed by atoms with E-state index >= 15 is 0 Å². The number of nitrogens with zero attached hydrogens (tertiary/aromatic N) is 1. The predicted octanol–water partition coefficient (Wildman–Crippen LogP) is 5.41. The Labute approximate surface area is 207 Å². The summed E-state index contributed by atoms with van der Waals surface area (Å²) in [4.78, 5) is 15.3. The van der Waals surface area contributed by atoms with Crippen LogP contribution in [0.4, 0.5) is 32.0 Å². The first-order valence-corrected chi connectivity index (χ1v) is 11.6. The third-order valence-corrected chi connectivity index (χ3v) is 6.19. The average molecular weight is 527 g/mol. The Kier molecular flexibility index (Phi) is 9.08.